The van der Waals surface area contributed by atoms with Crippen LogP contribution < -0.4 is 5.32 Å². The van der Waals surface area contributed by atoms with Gasteiger partial charge in [0.15, 0.2) is 0 Å². The van der Waals surface area contributed by atoms with Crippen molar-refractivity contribution in [3.8, 4) is 0 Å². The first kappa shape index (κ1) is 18.0. The fourth-order valence-corrected chi connectivity index (χ4v) is 2.07. The maximum absolute atomic E-state index is 9.98. The summed E-state index contributed by atoms with van der Waals surface area (Å²) < 4.78 is 0. The third-order valence-electron chi connectivity index (χ3n) is 3.81. The molecule has 0 aromatic heterocycles. The Morgan fingerprint density at radius 2 is 2.05 bits per heavy atom. The Morgan fingerprint density at radius 1 is 1.36 bits per heavy atom. The topological polar surface area (TPSA) is 44.6 Å². The normalized spacial score (nSPS) is 13.9. The van der Waals surface area contributed by atoms with E-state index in [-0.39, 0.29) is 11.7 Å². The summed E-state index contributed by atoms with van der Waals surface area (Å²) in [6.45, 7) is 15.5. The minimum absolute atomic E-state index is 0.0357. The van der Waals surface area contributed by atoms with E-state index in [1.54, 1.807) is 6.08 Å². The van der Waals surface area contributed by atoms with Gasteiger partial charge in [-0.1, -0.05) is 31.7 Å². The number of benzene rings is 1. The zero-order valence-corrected chi connectivity index (χ0v) is 14.4. The van der Waals surface area contributed by atoms with Crippen molar-refractivity contribution in [3.05, 3.63) is 59.0 Å². The van der Waals surface area contributed by atoms with Crippen molar-refractivity contribution in [2.24, 2.45) is 10.9 Å². The van der Waals surface area contributed by atoms with Gasteiger partial charge in [0, 0.05) is 24.7 Å². The number of hydrogen-bond acceptors (Lipinski definition) is 3. The van der Waals surface area contributed by atoms with Gasteiger partial charge < -0.3 is 10.4 Å². The first-order chi connectivity index (χ1) is 10.3. The van der Waals surface area contributed by atoms with E-state index in [0.717, 1.165) is 12.2 Å². The number of allylic oxidation sites excluding steroid dienone is 2. The van der Waals surface area contributed by atoms with Crippen molar-refractivity contribution in [1.82, 2.24) is 5.32 Å². The highest BCUT2D eigenvalue weighted by atomic mass is 16.3. The van der Waals surface area contributed by atoms with Crippen LogP contribution in [-0.2, 0) is 6.54 Å². The van der Waals surface area contributed by atoms with Gasteiger partial charge in [-0.25, -0.2) is 0 Å². The summed E-state index contributed by atoms with van der Waals surface area (Å²) in [6, 6.07) is 6.44. The van der Waals surface area contributed by atoms with Crippen LogP contribution in [0, 0.1) is 19.8 Å². The molecule has 0 bridgehead atoms. The molecule has 0 radical (unpaired) electrons. The SMILES string of the molecule is C=C(NCc1ccc(C)c(C)c1)C(C)/C=C(/O)C(C)=NCC. The molecule has 0 amide bonds. The molecule has 2 N–H and O–H groups in total. The van der Waals surface area contributed by atoms with Crippen LogP contribution in [0.4, 0.5) is 0 Å². The molecule has 0 saturated heterocycles. The maximum Gasteiger partial charge on any atom is 0.132 e. The molecule has 1 aromatic rings. The van der Waals surface area contributed by atoms with Crippen LogP contribution in [0.1, 0.15) is 37.5 Å². The van der Waals surface area contributed by atoms with E-state index in [1.165, 1.54) is 16.7 Å². The number of nitrogens with zero attached hydrogens (tertiary/aromatic N) is 1. The minimum atomic E-state index is 0.0357. The van der Waals surface area contributed by atoms with Crippen molar-refractivity contribution in [3.63, 3.8) is 0 Å². The van der Waals surface area contributed by atoms with Gasteiger partial charge in [-0.2, -0.15) is 0 Å². The van der Waals surface area contributed by atoms with Crippen LogP contribution in [0.15, 0.2) is 47.3 Å². The Hall–Kier alpha value is -2.03. The molecule has 0 spiro atoms. The largest absolute Gasteiger partial charge is 0.506 e. The molecule has 120 valence electrons. The van der Waals surface area contributed by atoms with E-state index in [4.69, 9.17) is 0 Å². The highest BCUT2D eigenvalue weighted by molar-refractivity contribution is 5.95. The molecule has 1 atom stereocenters. The van der Waals surface area contributed by atoms with E-state index in [2.05, 4.69) is 48.9 Å². The predicted octanol–water partition coefficient (Wildman–Crippen LogP) is 4.47. The number of nitrogens with one attached hydrogen (secondary N) is 1. The fraction of sp³-hybridized carbons (Fsp3) is 0.421. The molecule has 3 nitrogen and oxygen atoms in total. The summed E-state index contributed by atoms with van der Waals surface area (Å²) in [7, 11) is 0. The van der Waals surface area contributed by atoms with Crippen molar-refractivity contribution < 1.29 is 5.11 Å². The van der Waals surface area contributed by atoms with E-state index < -0.39 is 0 Å². The smallest absolute Gasteiger partial charge is 0.132 e. The van der Waals surface area contributed by atoms with Gasteiger partial charge in [-0.3, -0.25) is 4.99 Å². The predicted molar refractivity (Wildman–Crippen MR) is 95.4 cm³/mol. The highest BCUT2D eigenvalue weighted by Gasteiger charge is 2.07. The van der Waals surface area contributed by atoms with E-state index in [1.807, 2.05) is 20.8 Å². The Morgan fingerprint density at radius 3 is 2.64 bits per heavy atom. The number of aliphatic hydroxyl groups is 1. The highest BCUT2D eigenvalue weighted by Crippen LogP contribution is 2.13. The van der Waals surface area contributed by atoms with Crippen LogP contribution in [-0.4, -0.2) is 17.4 Å². The van der Waals surface area contributed by atoms with Gasteiger partial charge in [0.1, 0.15) is 5.76 Å². The van der Waals surface area contributed by atoms with E-state index >= 15 is 0 Å². The van der Waals surface area contributed by atoms with E-state index in [9.17, 15) is 5.11 Å². The molecule has 1 aromatic carbocycles. The zero-order chi connectivity index (χ0) is 16.7. The summed E-state index contributed by atoms with van der Waals surface area (Å²) >= 11 is 0. The number of aliphatic hydroxyl groups excluding tert-OH is 1. The molecule has 1 unspecified atom stereocenters. The molecular formula is C19H28N2O. The fourth-order valence-electron chi connectivity index (χ4n) is 2.07. The van der Waals surface area contributed by atoms with Gasteiger partial charge in [0.2, 0.25) is 0 Å². The molecule has 22 heavy (non-hydrogen) atoms. The number of aliphatic imine (C=N–C) groups is 1. The summed E-state index contributed by atoms with van der Waals surface area (Å²) in [5.74, 6) is 0.261. The standard InChI is InChI=1S/C19H28N2O/c1-7-20-17(6)19(22)11-15(4)16(5)21-12-18-9-8-13(2)14(3)10-18/h8-11,15,21-22H,5,7,12H2,1-4,6H3/b19-11+,20-17?. The number of hydrogen-bond donors (Lipinski definition) is 2. The Balaban J connectivity index is 2.63. The lowest BCUT2D eigenvalue weighted by Gasteiger charge is -2.15. The maximum atomic E-state index is 9.98. The molecule has 0 saturated carbocycles. The minimum Gasteiger partial charge on any atom is -0.506 e. The zero-order valence-electron chi connectivity index (χ0n) is 14.4. The van der Waals surface area contributed by atoms with Crippen molar-refractivity contribution in [2.45, 2.75) is 41.2 Å². The van der Waals surface area contributed by atoms with Crippen LogP contribution >= 0.6 is 0 Å². The Kier molecular flexibility index (Phi) is 6.90. The van der Waals surface area contributed by atoms with Gasteiger partial charge >= 0.3 is 0 Å². The Labute approximate surface area is 134 Å². The molecule has 0 aliphatic carbocycles. The van der Waals surface area contributed by atoms with Gasteiger partial charge in [-0.15, -0.1) is 0 Å². The first-order valence-electron chi connectivity index (χ1n) is 7.76. The molecule has 0 fully saturated rings. The third-order valence-corrected chi connectivity index (χ3v) is 3.81. The van der Waals surface area contributed by atoms with Crippen molar-refractivity contribution in [1.29, 1.82) is 0 Å². The van der Waals surface area contributed by atoms with Crippen LogP contribution in [0.5, 0.6) is 0 Å². The summed E-state index contributed by atoms with van der Waals surface area (Å²) in [5, 5.41) is 13.3. The van der Waals surface area contributed by atoms with E-state index in [0.29, 0.717) is 12.3 Å². The average Bonchev–Trinajstić information content (AvgIpc) is 2.48. The number of aryl methyl sites for hydroxylation is 2. The lowest BCUT2D eigenvalue weighted by atomic mass is 10.0. The second-order valence-corrected chi connectivity index (χ2v) is 5.70. The molecule has 0 aliphatic heterocycles. The third kappa shape index (κ3) is 5.40. The number of rotatable bonds is 7. The van der Waals surface area contributed by atoms with Gasteiger partial charge in [0.05, 0.1) is 5.71 Å². The molecule has 0 heterocycles. The summed E-state index contributed by atoms with van der Waals surface area (Å²) in [4.78, 5) is 4.20. The second kappa shape index (κ2) is 8.42. The summed E-state index contributed by atoms with van der Waals surface area (Å²) in [5.41, 5.74) is 5.37. The lowest BCUT2D eigenvalue weighted by Crippen LogP contribution is -2.17. The van der Waals surface area contributed by atoms with Crippen molar-refractivity contribution >= 4 is 5.71 Å². The molecule has 1 rings (SSSR count). The lowest BCUT2D eigenvalue weighted by molar-refractivity contribution is 0.435. The van der Waals surface area contributed by atoms with Crippen LogP contribution in [0.3, 0.4) is 0 Å². The Bertz CT molecular complexity index is 585. The molecular weight excluding hydrogens is 272 g/mol. The first-order valence-corrected chi connectivity index (χ1v) is 7.76. The monoisotopic (exact) mass is 300 g/mol. The molecule has 0 aliphatic rings. The van der Waals surface area contributed by atoms with Crippen molar-refractivity contribution in [2.75, 3.05) is 6.54 Å². The molecule has 3 heteroatoms. The second-order valence-electron chi connectivity index (χ2n) is 5.70. The van der Waals surface area contributed by atoms with Crippen LogP contribution in [0.2, 0.25) is 0 Å². The van der Waals surface area contributed by atoms with Crippen LogP contribution in [0.25, 0.3) is 0 Å². The quantitative estimate of drug-likeness (QED) is 0.576. The van der Waals surface area contributed by atoms with Gasteiger partial charge in [0.25, 0.3) is 0 Å². The van der Waals surface area contributed by atoms with Gasteiger partial charge in [-0.05, 0) is 50.5 Å². The average molecular weight is 300 g/mol. The summed E-state index contributed by atoms with van der Waals surface area (Å²) in [6.07, 6.45) is 1.78.